The Morgan fingerprint density at radius 3 is 2.24 bits per heavy atom. The zero-order chi connectivity index (χ0) is 12.3. The molecule has 0 heterocycles. The average Bonchev–Trinajstić information content (AvgIpc) is 2.30. The Labute approximate surface area is 108 Å². The van der Waals surface area contributed by atoms with Crippen LogP contribution in [0, 0.1) is 5.92 Å². The summed E-state index contributed by atoms with van der Waals surface area (Å²) in [5.74, 6) is 0.670. The van der Waals surface area contributed by atoms with Gasteiger partial charge in [0.15, 0.2) is 0 Å². The highest BCUT2D eigenvalue weighted by atomic mass is 35.5. The second-order valence-corrected chi connectivity index (χ2v) is 5.20. The van der Waals surface area contributed by atoms with E-state index in [0.29, 0.717) is 5.92 Å². The highest BCUT2D eigenvalue weighted by molar-refractivity contribution is 6.30. The lowest BCUT2D eigenvalue weighted by Crippen LogP contribution is -1.96. The van der Waals surface area contributed by atoms with E-state index in [-0.39, 0.29) is 0 Å². The molecule has 17 heavy (non-hydrogen) atoms. The zero-order valence-electron chi connectivity index (χ0n) is 10.3. The molecular formula is C16H17Cl. The second-order valence-electron chi connectivity index (χ2n) is 4.76. The summed E-state index contributed by atoms with van der Waals surface area (Å²) in [6, 6.07) is 16.7. The molecule has 0 amide bonds. The van der Waals surface area contributed by atoms with Crippen molar-refractivity contribution in [3.05, 3.63) is 59.1 Å². The van der Waals surface area contributed by atoms with Crippen molar-refractivity contribution >= 4 is 11.6 Å². The second kappa shape index (κ2) is 5.37. The molecule has 0 fully saturated rings. The molecule has 0 saturated carbocycles. The van der Waals surface area contributed by atoms with E-state index in [2.05, 4.69) is 50.2 Å². The number of hydrogen-bond acceptors (Lipinski definition) is 0. The van der Waals surface area contributed by atoms with E-state index in [1.54, 1.807) is 0 Å². The highest BCUT2D eigenvalue weighted by Crippen LogP contribution is 2.26. The normalized spacial score (nSPS) is 10.8. The van der Waals surface area contributed by atoms with Crippen molar-refractivity contribution in [1.82, 2.24) is 0 Å². The van der Waals surface area contributed by atoms with Crippen molar-refractivity contribution < 1.29 is 0 Å². The quantitative estimate of drug-likeness (QED) is 0.696. The molecule has 0 aliphatic heterocycles. The SMILES string of the molecule is CC(C)Cc1ccccc1-c1ccc(Cl)cc1. The maximum Gasteiger partial charge on any atom is 0.0406 e. The maximum atomic E-state index is 5.92. The summed E-state index contributed by atoms with van der Waals surface area (Å²) in [5, 5.41) is 0.787. The van der Waals surface area contributed by atoms with Crippen molar-refractivity contribution in [2.24, 2.45) is 5.92 Å². The fourth-order valence-corrected chi connectivity index (χ4v) is 2.18. The van der Waals surface area contributed by atoms with Crippen LogP contribution >= 0.6 is 11.6 Å². The molecule has 0 nitrogen and oxygen atoms in total. The van der Waals surface area contributed by atoms with Crippen LogP contribution in [0.25, 0.3) is 11.1 Å². The molecule has 0 atom stereocenters. The number of rotatable bonds is 3. The monoisotopic (exact) mass is 244 g/mol. The lowest BCUT2D eigenvalue weighted by atomic mass is 9.94. The molecule has 1 heteroatoms. The van der Waals surface area contributed by atoms with Crippen LogP contribution in [0.4, 0.5) is 0 Å². The van der Waals surface area contributed by atoms with Crippen LogP contribution in [-0.4, -0.2) is 0 Å². The van der Waals surface area contributed by atoms with E-state index in [9.17, 15) is 0 Å². The Kier molecular flexibility index (Phi) is 3.86. The van der Waals surface area contributed by atoms with Gasteiger partial charge in [-0.2, -0.15) is 0 Å². The minimum Gasteiger partial charge on any atom is -0.0843 e. The molecule has 2 aromatic carbocycles. The summed E-state index contributed by atoms with van der Waals surface area (Å²) >= 11 is 5.92. The van der Waals surface area contributed by atoms with Gasteiger partial charge >= 0.3 is 0 Å². The first-order valence-electron chi connectivity index (χ1n) is 6.00. The molecular weight excluding hydrogens is 228 g/mol. The number of hydrogen-bond donors (Lipinski definition) is 0. The third kappa shape index (κ3) is 3.10. The minimum absolute atomic E-state index is 0.670. The third-order valence-corrected chi connectivity index (χ3v) is 3.05. The van der Waals surface area contributed by atoms with Gasteiger partial charge in [-0.05, 0) is 41.2 Å². The fourth-order valence-electron chi connectivity index (χ4n) is 2.05. The first kappa shape index (κ1) is 12.2. The van der Waals surface area contributed by atoms with Gasteiger partial charge in [0.05, 0.1) is 0 Å². The summed E-state index contributed by atoms with van der Waals surface area (Å²) in [6.45, 7) is 4.50. The van der Waals surface area contributed by atoms with Gasteiger partial charge in [0.1, 0.15) is 0 Å². The molecule has 2 aromatic rings. The lowest BCUT2D eigenvalue weighted by Gasteiger charge is -2.11. The smallest absolute Gasteiger partial charge is 0.0406 e. The molecule has 0 aliphatic carbocycles. The Morgan fingerprint density at radius 1 is 0.941 bits per heavy atom. The van der Waals surface area contributed by atoms with E-state index in [1.807, 2.05) is 12.1 Å². The van der Waals surface area contributed by atoms with Crippen molar-refractivity contribution in [1.29, 1.82) is 0 Å². The van der Waals surface area contributed by atoms with Gasteiger partial charge in [0, 0.05) is 5.02 Å². The first-order valence-corrected chi connectivity index (χ1v) is 6.38. The topological polar surface area (TPSA) is 0 Å². The van der Waals surface area contributed by atoms with Gasteiger partial charge in [-0.25, -0.2) is 0 Å². The molecule has 0 aliphatic rings. The van der Waals surface area contributed by atoms with Gasteiger partial charge in [-0.1, -0.05) is 61.8 Å². The van der Waals surface area contributed by atoms with Crippen LogP contribution in [0.15, 0.2) is 48.5 Å². The van der Waals surface area contributed by atoms with Gasteiger partial charge in [-0.3, -0.25) is 0 Å². The van der Waals surface area contributed by atoms with Crippen molar-refractivity contribution in [2.75, 3.05) is 0 Å². The van der Waals surface area contributed by atoms with Gasteiger partial charge < -0.3 is 0 Å². The Morgan fingerprint density at radius 2 is 1.59 bits per heavy atom. The van der Waals surface area contributed by atoms with Crippen LogP contribution in [0.3, 0.4) is 0 Å². The van der Waals surface area contributed by atoms with Gasteiger partial charge in [-0.15, -0.1) is 0 Å². The Balaban J connectivity index is 2.40. The van der Waals surface area contributed by atoms with Crippen LogP contribution in [-0.2, 0) is 6.42 Å². The molecule has 88 valence electrons. The molecule has 0 radical (unpaired) electrons. The van der Waals surface area contributed by atoms with Crippen LogP contribution < -0.4 is 0 Å². The van der Waals surface area contributed by atoms with E-state index < -0.39 is 0 Å². The first-order chi connectivity index (χ1) is 8.16. The fraction of sp³-hybridized carbons (Fsp3) is 0.250. The zero-order valence-corrected chi connectivity index (χ0v) is 11.0. The summed E-state index contributed by atoms with van der Waals surface area (Å²) in [6.07, 6.45) is 1.11. The predicted molar refractivity (Wildman–Crippen MR) is 75.4 cm³/mol. The van der Waals surface area contributed by atoms with Crippen molar-refractivity contribution in [3.8, 4) is 11.1 Å². The van der Waals surface area contributed by atoms with Crippen LogP contribution in [0.5, 0.6) is 0 Å². The summed E-state index contributed by atoms with van der Waals surface area (Å²) in [7, 11) is 0. The summed E-state index contributed by atoms with van der Waals surface area (Å²) in [5.41, 5.74) is 3.97. The van der Waals surface area contributed by atoms with Gasteiger partial charge in [0.25, 0.3) is 0 Å². The van der Waals surface area contributed by atoms with Crippen LogP contribution in [0.2, 0.25) is 5.02 Å². The molecule has 0 bridgehead atoms. The Hall–Kier alpha value is -1.27. The third-order valence-electron chi connectivity index (χ3n) is 2.80. The molecule has 0 spiro atoms. The molecule has 0 N–H and O–H groups in total. The molecule has 0 aromatic heterocycles. The van der Waals surface area contributed by atoms with E-state index in [1.165, 1.54) is 16.7 Å². The van der Waals surface area contributed by atoms with E-state index in [4.69, 9.17) is 11.6 Å². The maximum absolute atomic E-state index is 5.92. The lowest BCUT2D eigenvalue weighted by molar-refractivity contribution is 0.648. The molecule has 2 rings (SSSR count). The highest BCUT2D eigenvalue weighted by Gasteiger charge is 2.06. The Bertz CT molecular complexity index is 483. The number of benzene rings is 2. The average molecular weight is 245 g/mol. The van der Waals surface area contributed by atoms with E-state index >= 15 is 0 Å². The van der Waals surface area contributed by atoms with Gasteiger partial charge in [0.2, 0.25) is 0 Å². The predicted octanol–water partition coefficient (Wildman–Crippen LogP) is 5.21. The summed E-state index contributed by atoms with van der Waals surface area (Å²) in [4.78, 5) is 0. The van der Waals surface area contributed by atoms with Crippen molar-refractivity contribution in [3.63, 3.8) is 0 Å². The minimum atomic E-state index is 0.670. The van der Waals surface area contributed by atoms with Crippen LogP contribution in [0.1, 0.15) is 19.4 Å². The molecule has 0 unspecified atom stereocenters. The van der Waals surface area contributed by atoms with Crippen molar-refractivity contribution in [2.45, 2.75) is 20.3 Å². The van der Waals surface area contributed by atoms with E-state index in [0.717, 1.165) is 11.4 Å². The number of halogens is 1. The molecule has 0 saturated heterocycles. The summed E-state index contributed by atoms with van der Waals surface area (Å²) < 4.78 is 0. The standard InChI is InChI=1S/C16H17Cl/c1-12(2)11-14-5-3-4-6-16(14)13-7-9-15(17)10-8-13/h3-10,12H,11H2,1-2H3. The largest absolute Gasteiger partial charge is 0.0843 e.